The molecule has 1 aliphatic carbocycles. The van der Waals surface area contributed by atoms with Crippen LogP contribution in [-0.2, 0) is 9.53 Å². The summed E-state index contributed by atoms with van der Waals surface area (Å²) in [7, 11) is 0. The van der Waals surface area contributed by atoms with Crippen molar-refractivity contribution in [3.05, 3.63) is 29.8 Å². The fourth-order valence-corrected chi connectivity index (χ4v) is 3.25. The van der Waals surface area contributed by atoms with Gasteiger partial charge in [-0.15, -0.1) is 0 Å². The molecule has 5 nitrogen and oxygen atoms in total. The zero-order valence-electron chi connectivity index (χ0n) is 14.6. The molecular weight excluding hydrogens is 370 g/mol. The third-order valence-corrected chi connectivity index (χ3v) is 4.55. The van der Waals surface area contributed by atoms with Gasteiger partial charge in [0.1, 0.15) is 5.75 Å². The highest BCUT2D eigenvalue weighted by atomic mass is 19.3. The van der Waals surface area contributed by atoms with Crippen LogP contribution in [0.2, 0.25) is 0 Å². The van der Waals surface area contributed by atoms with E-state index >= 15 is 0 Å². The van der Waals surface area contributed by atoms with Gasteiger partial charge >= 0.3 is 13.2 Å². The van der Waals surface area contributed by atoms with Gasteiger partial charge in [-0.3, -0.25) is 4.79 Å². The summed E-state index contributed by atoms with van der Waals surface area (Å²) in [6.07, 6.45) is 2.73. The summed E-state index contributed by atoms with van der Waals surface area (Å²) in [4.78, 5) is 12.2. The molecule has 27 heavy (non-hydrogen) atoms. The molecule has 1 aliphatic rings. The van der Waals surface area contributed by atoms with Gasteiger partial charge in [0.15, 0.2) is 0 Å². The summed E-state index contributed by atoms with van der Waals surface area (Å²) >= 11 is 0. The fourth-order valence-electron chi connectivity index (χ4n) is 3.25. The van der Waals surface area contributed by atoms with E-state index in [2.05, 4.69) is 14.8 Å². The number of amides is 1. The molecule has 0 spiro atoms. The molecule has 2 N–H and O–H groups in total. The molecular formula is C18H23F4NO4. The Bertz CT molecular complexity index is 596. The third kappa shape index (κ3) is 7.34. The second-order valence-electron chi connectivity index (χ2n) is 6.48. The van der Waals surface area contributed by atoms with E-state index in [1.807, 2.05) is 0 Å². The van der Waals surface area contributed by atoms with Gasteiger partial charge in [0.2, 0.25) is 5.91 Å². The first-order chi connectivity index (χ1) is 12.8. The van der Waals surface area contributed by atoms with Gasteiger partial charge in [-0.2, -0.15) is 17.6 Å². The lowest BCUT2D eigenvalue weighted by Crippen LogP contribution is -2.35. The van der Waals surface area contributed by atoms with Gasteiger partial charge in [-0.1, -0.05) is 25.0 Å². The van der Waals surface area contributed by atoms with Gasteiger partial charge < -0.3 is 19.9 Å². The van der Waals surface area contributed by atoms with Crippen LogP contribution in [0.25, 0.3) is 0 Å². The van der Waals surface area contributed by atoms with E-state index in [0.29, 0.717) is 0 Å². The van der Waals surface area contributed by atoms with Crippen molar-refractivity contribution in [1.82, 2.24) is 5.32 Å². The number of hydrogen-bond acceptors (Lipinski definition) is 4. The van der Waals surface area contributed by atoms with E-state index in [0.717, 1.165) is 25.7 Å². The SMILES string of the molecule is O=C(C[C@@H](O)C1CCCC1)N[C@@H](COC(F)F)c1cccc(OC(F)F)c1. The second-order valence-corrected chi connectivity index (χ2v) is 6.48. The Kier molecular flexibility index (Phi) is 8.30. The largest absolute Gasteiger partial charge is 0.435 e. The number of benzene rings is 1. The number of aliphatic hydroxyl groups excluding tert-OH is 1. The van der Waals surface area contributed by atoms with Crippen molar-refractivity contribution in [2.45, 2.75) is 57.5 Å². The molecule has 152 valence electrons. The number of alkyl halides is 4. The van der Waals surface area contributed by atoms with E-state index in [1.165, 1.54) is 24.3 Å². The minimum Gasteiger partial charge on any atom is -0.435 e. The number of aliphatic hydroxyl groups is 1. The maximum atomic E-state index is 12.4. The van der Waals surface area contributed by atoms with Crippen molar-refractivity contribution in [2.24, 2.45) is 5.92 Å². The molecule has 1 aromatic carbocycles. The smallest absolute Gasteiger partial charge is 0.387 e. The van der Waals surface area contributed by atoms with Crippen molar-refractivity contribution in [3.63, 3.8) is 0 Å². The molecule has 9 heteroatoms. The van der Waals surface area contributed by atoms with Crippen LogP contribution in [-0.4, -0.2) is 36.9 Å². The molecule has 0 saturated heterocycles. The van der Waals surface area contributed by atoms with E-state index < -0.39 is 37.9 Å². The Morgan fingerprint density at radius 1 is 1.19 bits per heavy atom. The number of ether oxygens (including phenoxy) is 2. The van der Waals surface area contributed by atoms with E-state index in [1.54, 1.807) is 0 Å². The zero-order valence-corrected chi connectivity index (χ0v) is 14.6. The Morgan fingerprint density at radius 3 is 2.52 bits per heavy atom. The summed E-state index contributed by atoms with van der Waals surface area (Å²) in [5, 5.41) is 12.7. The number of carbonyl (C=O) groups excluding carboxylic acids is 1. The first-order valence-corrected chi connectivity index (χ1v) is 8.77. The van der Waals surface area contributed by atoms with E-state index in [4.69, 9.17) is 0 Å². The van der Waals surface area contributed by atoms with E-state index in [9.17, 15) is 27.5 Å². The van der Waals surface area contributed by atoms with Crippen LogP contribution < -0.4 is 10.1 Å². The number of rotatable bonds is 10. The normalized spacial score (nSPS) is 17.3. The molecule has 1 aromatic rings. The van der Waals surface area contributed by atoms with Gasteiger partial charge in [0.25, 0.3) is 0 Å². The van der Waals surface area contributed by atoms with Crippen LogP contribution in [0.3, 0.4) is 0 Å². The molecule has 0 radical (unpaired) electrons. The Labute approximate surface area is 154 Å². The van der Waals surface area contributed by atoms with E-state index in [-0.39, 0.29) is 23.7 Å². The number of nitrogens with one attached hydrogen (secondary N) is 1. The first kappa shape index (κ1) is 21.4. The van der Waals surface area contributed by atoms with Gasteiger partial charge in [0.05, 0.1) is 25.2 Å². The van der Waals surface area contributed by atoms with Crippen LogP contribution in [0.5, 0.6) is 5.75 Å². The first-order valence-electron chi connectivity index (χ1n) is 8.77. The van der Waals surface area contributed by atoms with Crippen LogP contribution in [0.4, 0.5) is 17.6 Å². The summed E-state index contributed by atoms with van der Waals surface area (Å²) < 4.78 is 58.1. The number of carbonyl (C=O) groups is 1. The highest BCUT2D eigenvalue weighted by Crippen LogP contribution is 2.29. The fraction of sp³-hybridized carbons (Fsp3) is 0.611. The third-order valence-electron chi connectivity index (χ3n) is 4.55. The van der Waals surface area contributed by atoms with Crippen LogP contribution in [0, 0.1) is 5.92 Å². The highest BCUT2D eigenvalue weighted by Gasteiger charge is 2.26. The van der Waals surface area contributed by atoms with Crippen LogP contribution in [0.15, 0.2) is 24.3 Å². The molecule has 1 amide bonds. The summed E-state index contributed by atoms with van der Waals surface area (Å²) in [5.74, 6) is -0.642. The highest BCUT2D eigenvalue weighted by molar-refractivity contribution is 5.77. The standard InChI is InChI=1S/C18H23F4NO4/c19-17(20)26-10-14(12-6-3-7-13(8-12)27-18(21)22)23-16(25)9-15(24)11-4-1-2-5-11/h3,6-8,11,14-15,17-18,24H,1-2,4-5,9-10H2,(H,23,25)/t14-,15+/m0/s1. The molecule has 0 aromatic heterocycles. The minimum absolute atomic E-state index is 0.0503. The predicted octanol–water partition coefficient (Wildman–Crippen LogP) is 3.63. The number of hydrogen-bond donors (Lipinski definition) is 2. The molecule has 0 aliphatic heterocycles. The van der Waals surface area contributed by atoms with Crippen molar-refractivity contribution in [3.8, 4) is 5.75 Å². The lowest BCUT2D eigenvalue weighted by atomic mass is 9.97. The van der Waals surface area contributed by atoms with Crippen molar-refractivity contribution in [1.29, 1.82) is 0 Å². The van der Waals surface area contributed by atoms with Gasteiger partial charge in [0, 0.05) is 0 Å². The second kappa shape index (κ2) is 10.5. The summed E-state index contributed by atoms with van der Waals surface area (Å²) in [6.45, 7) is -6.64. The minimum atomic E-state index is -3.05. The molecule has 2 atom stereocenters. The topological polar surface area (TPSA) is 67.8 Å². The van der Waals surface area contributed by atoms with Crippen molar-refractivity contribution >= 4 is 5.91 Å². The van der Waals surface area contributed by atoms with Gasteiger partial charge in [-0.25, -0.2) is 0 Å². The molecule has 0 bridgehead atoms. The maximum Gasteiger partial charge on any atom is 0.387 e. The average molecular weight is 393 g/mol. The predicted molar refractivity (Wildman–Crippen MR) is 88.5 cm³/mol. The Morgan fingerprint density at radius 2 is 1.89 bits per heavy atom. The van der Waals surface area contributed by atoms with Gasteiger partial charge in [-0.05, 0) is 36.5 Å². The quantitative estimate of drug-likeness (QED) is 0.596. The summed E-state index contributed by atoms with van der Waals surface area (Å²) in [5.41, 5.74) is 0.275. The van der Waals surface area contributed by atoms with Crippen molar-refractivity contribution in [2.75, 3.05) is 6.61 Å². The molecule has 1 fully saturated rings. The molecule has 0 unspecified atom stereocenters. The molecule has 2 rings (SSSR count). The Hall–Kier alpha value is -1.87. The van der Waals surface area contributed by atoms with Crippen LogP contribution >= 0.6 is 0 Å². The maximum absolute atomic E-state index is 12.4. The Balaban J connectivity index is 2.03. The molecule has 1 saturated carbocycles. The monoisotopic (exact) mass is 393 g/mol. The summed E-state index contributed by atoms with van der Waals surface area (Å²) in [6, 6.07) is 4.39. The lowest BCUT2D eigenvalue weighted by molar-refractivity contribution is -0.139. The lowest BCUT2D eigenvalue weighted by Gasteiger charge is -2.22. The van der Waals surface area contributed by atoms with Crippen LogP contribution in [0.1, 0.15) is 43.7 Å². The molecule has 0 heterocycles. The van der Waals surface area contributed by atoms with Crippen molar-refractivity contribution < 1.29 is 36.9 Å². The zero-order chi connectivity index (χ0) is 19.8. The number of halogens is 4. The average Bonchev–Trinajstić information content (AvgIpc) is 3.12.